The van der Waals surface area contributed by atoms with E-state index in [0.717, 1.165) is 39.9 Å². The van der Waals surface area contributed by atoms with Crippen molar-refractivity contribution in [3.63, 3.8) is 0 Å². The number of hydrogen-bond donors (Lipinski definition) is 1. The number of carbonyl (C=O) groups excluding carboxylic acids is 1. The third kappa shape index (κ3) is 6.03. The van der Waals surface area contributed by atoms with Crippen LogP contribution in [0.25, 0.3) is 17.3 Å². The normalized spacial score (nSPS) is 13.7. The third-order valence-electron chi connectivity index (χ3n) is 5.76. The molecule has 1 saturated heterocycles. The van der Waals surface area contributed by atoms with Crippen molar-refractivity contribution in [2.75, 3.05) is 52.0 Å². The maximum atomic E-state index is 12.9. The molecule has 4 rings (SSSR count). The summed E-state index contributed by atoms with van der Waals surface area (Å²) >= 11 is 1.48. The van der Waals surface area contributed by atoms with Gasteiger partial charge in [0, 0.05) is 25.2 Å². The van der Waals surface area contributed by atoms with Gasteiger partial charge in [0.15, 0.2) is 16.6 Å². The molecule has 1 aromatic heterocycles. The second-order valence-electron chi connectivity index (χ2n) is 8.04. The highest BCUT2D eigenvalue weighted by molar-refractivity contribution is 7.17. The van der Waals surface area contributed by atoms with Gasteiger partial charge in [0.05, 0.1) is 38.0 Å². The molecule has 8 nitrogen and oxygen atoms in total. The molecule has 1 N–H and O–H groups in total. The largest absolute Gasteiger partial charge is 0.493 e. The zero-order chi connectivity index (χ0) is 25.3. The summed E-state index contributed by atoms with van der Waals surface area (Å²) in [6.07, 6.45) is 2.22. The Balaban J connectivity index is 1.51. The van der Waals surface area contributed by atoms with E-state index < -0.39 is 5.91 Å². The fourth-order valence-corrected chi connectivity index (χ4v) is 4.92. The predicted molar refractivity (Wildman–Crippen MR) is 140 cm³/mol. The Kier molecular flexibility index (Phi) is 8.55. The van der Waals surface area contributed by atoms with Gasteiger partial charge in [0.2, 0.25) is 0 Å². The molecular weight excluding hydrogens is 476 g/mol. The number of rotatable bonds is 9. The molecule has 0 atom stereocenters. The number of thiazole rings is 1. The summed E-state index contributed by atoms with van der Waals surface area (Å²) in [5.74, 6) is 0.863. The Morgan fingerprint density at radius 3 is 2.61 bits per heavy atom. The van der Waals surface area contributed by atoms with Crippen molar-refractivity contribution in [1.29, 1.82) is 5.26 Å². The number of hydrogen-bond acceptors (Lipinski definition) is 8. The molecule has 9 heteroatoms. The van der Waals surface area contributed by atoms with E-state index in [1.165, 1.54) is 11.3 Å². The topological polar surface area (TPSA) is 96.7 Å². The number of nitriles is 1. The van der Waals surface area contributed by atoms with Crippen molar-refractivity contribution in [1.82, 2.24) is 10.3 Å². The number of nitrogens with zero attached hydrogens (tertiary/aromatic N) is 3. The van der Waals surface area contributed by atoms with Crippen LogP contribution in [0.5, 0.6) is 11.5 Å². The lowest BCUT2D eigenvalue weighted by Crippen LogP contribution is -2.36. The quantitative estimate of drug-likeness (QED) is 0.348. The number of amides is 1. The molecule has 186 valence electrons. The molecule has 0 bridgehead atoms. The molecule has 36 heavy (non-hydrogen) atoms. The fraction of sp³-hybridized carbons (Fsp3) is 0.296. The van der Waals surface area contributed by atoms with E-state index >= 15 is 0 Å². The summed E-state index contributed by atoms with van der Waals surface area (Å²) in [7, 11) is 3.17. The predicted octanol–water partition coefficient (Wildman–Crippen LogP) is 3.93. The van der Waals surface area contributed by atoms with Gasteiger partial charge >= 0.3 is 0 Å². The summed E-state index contributed by atoms with van der Waals surface area (Å²) in [6, 6.07) is 17.5. The molecule has 1 amide bonds. The molecule has 2 aromatic carbocycles. The molecule has 3 aromatic rings. The Hall–Kier alpha value is -3.87. The summed E-state index contributed by atoms with van der Waals surface area (Å²) in [5.41, 5.74) is 2.72. The monoisotopic (exact) mass is 504 g/mol. The second-order valence-corrected chi connectivity index (χ2v) is 9.05. The van der Waals surface area contributed by atoms with Crippen molar-refractivity contribution in [3.05, 3.63) is 64.5 Å². The lowest BCUT2D eigenvalue weighted by atomic mass is 10.1. The van der Waals surface area contributed by atoms with Gasteiger partial charge < -0.3 is 24.4 Å². The maximum absolute atomic E-state index is 12.9. The Morgan fingerprint density at radius 2 is 1.92 bits per heavy atom. The van der Waals surface area contributed by atoms with E-state index in [1.807, 2.05) is 48.5 Å². The highest BCUT2D eigenvalue weighted by Crippen LogP contribution is 2.35. The number of anilines is 1. The maximum Gasteiger partial charge on any atom is 0.261 e. The Morgan fingerprint density at radius 1 is 1.17 bits per heavy atom. The molecule has 0 unspecified atom stereocenters. The van der Waals surface area contributed by atoms with E-state index in [9.17, 15) is 10.1 Å². The van der Waals surface area contributed by atoms with E-state index in [1.54, 1.807) is 20.3 Å². The SMILES string of the molecule is COc1ccc(CCNC(=O)/C(C#N)=C/c2sc(N3CCOCC3)nc2-c2ccccc2)cc1OC. The first-order valence-corrected chi connectivity index (χ1v) is 12.4. The molecule has 1 fully saturated rings. The van der Waals surface area contributed by atoms with Gasteiger partial charge in [-0.05, 0) is 30.2 Å². The van der Waals surface area contributed by atoms with Crippen molar-refractivity contribution in [3.8, 4) is 28.8 Å². The number of aromatic nitrogens is 1. The molecule has 0 saturated carbocycles. The summed E-state index contributed by atoms with van der Waals surface area (Å²) in [5, 5.41) is 13.5. The van der Waals surface area contributed by atoms with E-state index in [-0.39, 0.29) is 5.57 Å². The van der Waals surface area contributed by atoms with Crippen LogP contribution in [0, 0.1) is 11.3 Å². The highest BCUT2D eigenvalue weighted by atomic mass is 32.1. The average Bonchev–Trinajstić information content (AvgIpc) is 3.36. The average molecular weight is 505 g/mol. The number of nitrogens with one attached hydrogen (secondary N) is 1. The van der Waals surface area contributed by atoms with Crippen LogP contribution in [0.15, 0.2) is 54.1 Å². The van der Waals surface area contributed by atoms with Gasteiger partial charge in [0.25, 0.3) is 5.91 Å². The minimum atomic E-state index is -0.418. The molecule has 1 aliphatic rings. The van der Waals surface area contributed by atoms with E-state index in [4.69, 9.17) is 19.2 Å². The van der Waals surface area contributed by atoms with Crippen LogP contribution in [0.2, 0.25) is 0 Å². The van der Waals surface area contributed by atoms with Crippen molar-refractivity contribution in [2.45, 2.75) is 6.42 Å². The van der Waals surface area contributed by atoms with Crippen LogP contribution in [0.3, 0.4) is 0 Å². The lowest BCUT2D eigenvalue weighted by Gasteiger charge is -2.26. The molecule has 1 aliphatic heterocycles. The van der Waals surface area contributed by atoms with Crippen molar-refractivity contribution < 1.29 is 19.0 Å². The lowest BCUT2D eigenvalue weighted by molar-refractivity contribution is -0.117. The first-order chi connectivity index (χ1) is 17.6. The van der Waals surface area contributed by atoms with Crippen LogP contribution in [0.4, 0.5) is 5.13 Å². The molecular formula is C27H28N4O4S. The van der Waals surface area contributed by atoms with Crippen LogP contribution in [-0.2, 0) is 16.0 Å². The minimum absolute atomic E-state index is 0.0386. The number of ether oxygens (including phenoxy) is 3. The van der Waals surface area contributed by atoms with Crippen molar-refractivity contribution >= 4 is 28.5 Å². The second kappa shape index (κ2) is 12.2. The molecule has 0 spiro atoms. The smallest absolute Gasteiger partial charge is 0.261 e. The van der Waals surface area contributed by atoms with Crippen LogP contribution in [0.1, 0.15) is 10.4 Å². The van der Waals surface area contributed by atoms with Crippen LogP contribution >= 0.6 is 11.3 Å². The van der Waals surface area contributed by atoms with Crippen molar-refractivity contribution in [2.24, 2.45) is 0 Å². The highest BCUT2D eigenvalue weighted by Gasteiger charge is 2.20. The standard InChI is InChI=1S/C27H28N4O4S/c1-33-22-9-8-19(16-23(22)34-2)10-11-29-26(32)21(18-28)17-24-25(20-6-4-3-5-7-20)30-27(36-24)31-12-14-35-15-13-31/h3-9,16-17H,10-15H2,1-2H3,(H,29,32)/b21-17+. The zero-order valence-electron chi connectivity index (χ0n) is 20.3. The number of benzene rings is 2. The van der Waals surface area contributed by atoms with Gasteiger partial charge in [-0.15, -0.1) is 0 Å². The Labute approximate surface area is 214 Å². The van der Waals surface area contributed by atoms with E-state index in [0.29, 0.717) is 37.7 Å². The van der Waals surface area contributed by atoms with Gasteiger partial charge in [-0.1, -0.05) is 47.7 Å². The zero-order valence-corrected chi connectivity index (χ0v) is 21.1. The van der Waals surface area contributed by atoms with Gasteiger partial charge in [-0.2, -0.15) is 5.26 Å². The molecule has 2 heterocycles. The third-order valence-corrected chi connectivity index (χ3v) is 6.82. The van der Waals surface area contributed by atoms with Gasteiger partial charge in [0.1, 0.15) is 11.6 Å². The van der Waals surface area contributed by atoms with Crippen LogP contribution < -0.4 is 19.7 Å². The summed E-state index contributed by atoms with van der Waals surface area (Å²) < 4.78 is 16.1. The van der Waals surface area contributed by atoms with Gasteiger partial charge in [-0.25, -0.2) is 4.98 Å². The van der Waals surface area contributed by atoms with Crippen LogP contribution in [-0.4, -0.2) is 58.0 Å². The summed E-state index contributed by atoms with van der Waals surface area (Å²) in [4.78, 5) is 20.7. The Bertz CT molecular complexity index is 1260. The molecule has 0 aliphatic carbocycles. The van der Waals surface area contributed by atoms with E-state index in [2.05, 4.69) is 16.3 Å². The fourth-order valence-electron chi connectivity index (χ4n) is 3.84. The first-order valence-electron chi connectivity index (χ1n) is 11.6. The first kappa shape index (κ1) is 25.2. The number of methoxy groups -OCH3 is 2. The van der Waals surface area contributed by atoms with Gasteiger partial charge in [-0.3, -0.25) is 4.79 Å². The number of morpholine rings is 1. The minimum Gasteiger partial charge on any atom is -0.493 e. The number of carbonyl (C=O) groups is 1. The summed E-state index contributed by atoms with van der Waals surface area (Å²) in [6.45, 7) is 3.19. The molecule has 0 radical (unpaired) electrons.